The molecule has 18 heavy (non-hydrogen) atoms. The number of nitriles is 1. The normalized spacial score (nSPS) is 11.4. The summed E-state index contributed by atoms with van der Waals surface area (Å²) >= 11 is 0. The summed E-state index contributed by atoms with van der Waals surface area (Å²) in [4.78, 5) is 10.4. The standard InChI is InChI=1S/C12H14N2O4/c1-18-10-4-2-3-8(6-13)12(10)14-7-9(15)5-11(16)17/h2-4,9,14-15H,5,7H2,1H3,(H,16,17). The predicted molar refractivity (Wildman–Crippen MR) is 64.5 cm³/mol. The van der Waals surface area contributed by atoms with E-state index in [2.05, 4.69) is 5.32 Å². The van der Waals surface area contributed by atoms with Gasteiger partial charge in [-0.1, -0.05) is 6.07 Å². The average Bonchev–Trinajstić information content (AvgIpc) is 2.34. The molecule has 1 aromatic rings. The lowest BCUT2D eigenvalue weighted by Gasteiger charge is -2.14. The van der Waals surface area contributed by atoms with Gasteiger partial charge in [-0.05, 0) is 12.1 Å². The van der Waals surface area contributed by atoms with E-state index in [9.17, 15) is 9.90 Å². The maximum absolute atomic E-state index is 10.4. The molecule has 6 nitrogen and oxygen atoms in total. The van der Waals surface area contributed by atoms with Crippen LogP contribution in [0.15, 0.2) is 18.2 Å². The summed E-state index contributed by atoms with van der Waals surface area (Å²) in [7, 11) is 1.47. The van der Waals surface area contributed by atoms with E-state index in [4.69, 9.17) is 15.1 Å². The molecule has 0 saturated heterocycles. The predicted octanol–water partition coefficient (Wildman–Crippen LogP) is 0.814. The van der Waals surface area contributed by atoms with Crippen molar-refractivity contribution in [3.05, 3.63) is 23.8 Å². The fourth-order valence-electron chi connectivity index (χ4n) is 1.47. The van der Waals surface area contributed by atoms with E-state index in [1.54, 1.807) is 18.2 Å². The number of nitrogens with one attached hydrogen (secondary N) is 1. The maximum atomic E-state index is 10.4. The molecule has 0 saturated carbocycles. The van der Waals surface area contributed by atoms with Gasteiger partial charge in [-0.2, -0.15) is 5.26 Å². The monoisotopic (exact) mass is 250 g/mol. The summed E-state index contributed by atoms with van der Waals surface area (Å²) in [6.45, 7) is 0.0291. The van der Waals surface area contributed by atoms with Crippen LogP contribution in [0.2, 0.25) is 0 Å². The Kier molecular flexibility index (Phi) is 4.96. The number of aliphatic carboxylic acids is 1. The first-order chi connectivity index (χ1) is 8.58. The number of carboxylic acid groups (broad SMARTS) is 1. The van der Waals surface area contributed by atoms with Crippen LogP contribution >= 0.6 is 0 Å². The van der Waals surface area contributed by atoms with Gasteiger partial charge in [0, 0.05) is 6.54 Å². The zero-order valence-corrected chi connectivity index (χ0v) is 9.88. The minimum absolute atomic E-state index is 0.0291. The highest BCUT2D eigenvalue weighted by molar-refractivity contribution is 5.68. The van der Waals surface area contributed by atoms with Crippen LogP contribution in [-0.4, -0.2) is 35.9 Å². The fraction of sp³-hybridized carbons (Fsp3) is 0.333. The van der Waals surface area contributed by atoms with Gasteiger partial charge in [0.15, 0.2) is 0 Å². The summed E-state index contributed by atoms with van der Waals surface area (Å²) in [6.07, 6.45) is -1.39. The van der Waals surface area contributed by atoms with E-state index in [0.29, 0.717) is 17.0 Å². The van der Waals surface area contributed by atoms with E-state index in [-0.39, 0.29) is 13.0 Å². The minimum Gasteiger partial charge on any atom is -0.495 e. The molecule has 0 aliphatic heterocycles. The third-order valence-electron chi connectivity index (χ3n) is 2.29. The lowest BCUT2D eigenvalue weighted by Crippen LogP contribution is -2.23. The molecule has 96 valence electrons. The number of ether oxygens (including phenoxy) is 1. The Morgan fingerprint density at radius 2 is 2.33 bits per heavy atom. The molecule has 0 bridgehead atoms. The molecule has 0 aromatic heterocycles. The number of aliphatic hydroxyl groups excluding tert-OH is 1. The molecule has 3 N–H and O–H groups in total. The Bertz CT molecular complexity index is 468. The molecule has 0 aliphatic rings. The Labute approximate surface area is 104 Å². The van der Waals surface area contributed by atoms with Crippen molar-refractivity contribution in [2.24, 2.45) is 0 Å². The van der Waals surface area contributed by atoms with Crippen molar-refractivity contribution in [2.75, 3.05) is 19.0 Å². The number of nitrogens with zero attached hydrogens (tertiary/aromatic N) is 1. The van der Waals surface area contributed by atoms with Crippen LogP contribution in [0.25, 0.3) is 0 Å². The molecule has 0 heterocycles. The van der Waals surface area contributed by atoms with Crippen LogP contribution < -0.4 is 10.1 Å². The van der Waals surface area contributed by atoms with Gasteiger partial charge in [0.1, 0.15) is 11.8 Å². The number of hydrogen-bond acceptors (Lipinski definition) is 5. The van der Waals surface area contributed by atoms with E-state index < -0.39 is 12.1 Å². The quantitative estimate of drug-likeness (QED) is 0.690. The second-order valence-electron chi connectivity index (χ2n) is 3.63. The van der Waals surface area contributed by atoms with Crippen LogP contribution in [0.3, 0.4) is 0 Å². The molecule has 0 aliphatic carbocycles. The Balaban J connectivity index is 2.77. The van der Waals surface area contributed by atoms with Crippen molar-refractivity contribution in [3.8, 4) is 11.8 Å². The first-order valence-electron chi connectivity index (χ1n) is 5.29. The highest BCUT2D eigenvalue weighted by Gasteiger charge is 2.13. The molecular weight excluding hydrogens is 236 g/mol. The Morgan fingerprint density at radius 1 is 1.61 bits per heavy atom. The number of rotatable bonds is 6. The van der Waals surface area contributed by atoms with Crippen molar-refractivity contribution in [3.63, 3.8) is 0 Å². The van der Waals surface area contributed by atoms with Gasteiger partial charge in [-0.15, -0.1) is 0 Å². The third-order valence-corrected chi connectivity index (χ3v) is 2.29. The number of hydrogen-bond donors (Lipinski definition) is 3. The van der Waals surface area contributed by atoms with Gasteiger partial charge < -0.3 is 20.3 Å². The van der Waals surface area contributed by atoms with Crippen LogP contribution in [0.1, 0.15) is 12.0 Å². The molecular formula is C12H14N2O4. The van der Waals surface area contributed by atoms with Gasteiger partial charge in [-0.25, -0.2) is 0 Å². The van der Waals surface area contributed by atoms with Gasteiger partial charge in [0.2, 0.25) is 0 Å². The van der Waals surface area contributed by atoms with Crippen molar-refractivity contribution in [1.82, 2.24) is 0 Å². The molecule has 0 spiro atoms. The third kappa shape index (κ3) is 3.64. The molecule has 1 unspecified atom stereocenters. The second kappa shape index (κ2) is 6.47. The smallest absolute Gasteiger partial charge is 0.306 e. The van der Waals surface area contributed by atoms with Gasteiger partial charge in [0.05, 0.1) is 30.9 Å². The van der Waals surface area contributed by atoms with Crippen molar-refractivity contribution < 1.29 is 19.7 Å². The summed E-state index contributed by atoms with van der Waals surface area (Å²) in [5.41, 5.74) is 0.823. The molecule has 0 radical (unpaired) electrons. The van der Waals surface area contributed by atoms with Crippen LogP contribution in [0.5, 0.6) is 5.75 Å². The highest BCUT2D eigenvalue weighted by atomic mass is 16.5. The van der Waals surface area contributed by atoms with Crippen LogP contribution in [0, 0.1) is 11.3 Å². The number of carboxylic acids is 1. The van der Waals surface area contributed by atoms with Crippen molar-refractivity contribution >= 4 is 11.7 Å². The number of methoxy groups -OCH3 is 1. The van der Waals surface area contributed by atoms with E-state index in [1.165, 1.54) is 7.11 Å². The SMILES string of the molecule is COc1cccc(C#N)c1NCC(O)CC(=O)O. The molecule has 6 heteroatoms. The molecule has 0 amide bonds. The van der Waals surface area contributed by atoms with E-state index in [0.717, 1.165) is 0 Å². The zero-order chi connectivity index (χ0) is 13.5. The van der Waals surface area contributed by atoms with Gasteiger partial charge >= 0.3 is 5.97 Å². The lowest BCUT2D eigenvalue weighted by molar-refractivity contribution is -0.138. The van der Waals surface area contributed by atoms with Gasteiger partial charge in [0.25, 0.3) is 0 Å². The Hall–Kier alpha value is -2.26. The summed E-state index contributed by atoms with van der Waals surface area (Å²) < 4.78 is 5.09. The lowest BCUT2D eigenvalue weighted by atomic mass is 10.1. The number of benzene rings is 1. The van der Waals surface area contributed by atoms with Crippen LogP contribution in [-0.2, 0) is 4.79 Å². The topological polar surface area (TPSA) is 103 Å². The zero-order valence-electron chi connectivity index (χ0n) is 9.88. The summed E-state index contributed by atoms with van der Waals surface area (Å²) in [5.74, 6) is -0.610. The van der Waals surface area contributed by atoms with Crippen molar-refractivity contribution in [1.29, 1.82) is 5.26 Å². The maximum Gasteiger partial charge on any atom is 0.306 e. The molecule has 1 rings (SSSR count). The fourth-order valence-corrected chi connectivity index (χ4v) is 1.47. The van der Waals surface area contributed by atoms with E-state index >= 15 is 0 Å². The van der Waals surface area contributed by atoms with Crippen molar-refractivity contribution in [2.45, 2.75) is 12.5 Å². The largest absolute Gasteiger partial charge is 0.495 e. The first-order valence-corrected chi connectivity index (χ1v) is 5.29. The second-order valence-corrected chi connectivity index (χ2v) is 3.63. The van der Waals surface area contributed by atoms with Gasteiger partial charge in [-0.3, -0.25) is 4.79 Å². The minimum atomic E-state index is -1.08. The average molecular weight is 250 g/mol. The van der Waals surface area contributed by atoms with Crippen LogP contribution in [0.4, 0.5) is 5.69 Å². The Morgan fingerprint density at radius 3 is 2.89 bits per heavy atom. The molecule has 1 aromatic carbocycles. The summed E-state index contributed by atoms with van der Waals surface area (Å²) in [6, 6.07) is 6.95. The number of aliphatic hydroxyl groups is 1. The van der Waals surface area contributed by atoms with E-state index in [1.807, 2.05) is 6.07 Å². The molecule has 1 atom stereocenters. The highest BCUT2D eigenvalue weighted by Crippen LogP contribution is 2.27. The number of para-hydroxylation sites is 1. The first kappa shape index (κ1) is 13.8. The summed E-state index contributed by atoms with van der Waals surface area (Å²) in [5, 5.41) is 29.7. The molecule has 0 fully saturated rings. The number of carbonyl (C=O) groups is 1. The number of anilines is 1.